The highest BCUT2D eigenvalue weighted by Gasteiger charge is 2.16. The number of hydrogen-bond acceptors (Lipinski definition) is 3. The Morgan fingerprint density at radius 3 is 2.62 bits per heavy atom. The van der Waals surface area contributed by atoms with E-state index < -0.39 is 6.04 Å². The van der Waals surface area contributed by atoms with Gasteiger partial charge in [0.15, 0.2) is 0 Å². The number of benzene rings is 1. The van der Waals surface area contributed by atoms with E-state index in [1.165, 1.54) is 18.9 Å². The van der Waals surface area contributed by atoms with E-state index >= 15 is 0 Å². The first-order valence-corrected chi connectivity index (χ1v) is 5.63. The summed E-state index contributed by atoms with van der Waals surface area (Å²) in [7, 11) is 0. The Bertz CT molecular complexity index is 364. The Hall–Kier alpha value is -1.13. The smallest absolute Gasteiger partial charge is 0.130 e. The van der Waals surface area contributed by atoms with E-state index in [9.17, 15) is 4.39 Å². The number of halogens is 1. The third-order valence-corrected chi connectivity index (χ3v) is 3.05. The van der Waals surface area contributed by atoms with Crippen LogP contribution in [0.1, 0.15) is 24.4 Å². The highest BCUT2D eigenvalue weighted by Crippen LogP contribution is 2.24. The van der Waals surface area contributed by atoms with Gasteiger partial charge in [0.1, 0.15) is 5.82 Å². The van der Waals surface area contributed by atoms with Gasteiger partial charge in [-0.1, -0.05) is 6.07 Å². The fourth-order valence-corrected chi connectivity index (χ4v) is 2.09. The van der Waals surface area contributed by atoms with Gasteiger partial charge < -0.3 is 15.7 Å². The lowest BCUT2D eigenvalue weighted by Crippen LogP contribution is -2.19. The molecule has 0 aliphatic carbocycles. The van der Waals surface area contributed by atoms with Crippen LogP contribution in [0, 0.1) is 5.82 Å². The summed E-state index contributed by atoms with van der Waals surface area (Å²) in [4.78, 5) is 2.16. The number of anilines is 1. The second-order valence-corrected chi connectivity index (χ2v) is 4.19. The van der Waals surface area contributed by atoms with Gasteiger partial charge >= 0.3 is 0 Å². The van der Waals surface area contributed by atoms with Gasteiger partial charge in [-0.3, -0.25) is 0 Å². The summed E-state index contributed by atoms with van der Waals surface area (Å²) in [6.45, 7) is 1.75. The molecule has 0 amide bonds. The average Bonchev–Trinajstić information content (AvgIpc) is 2.81. The van der Waals surface area contributed by atoms with Crippen molar-refractivity contribution in [2.45, 2.75) is 18.9 Å². The zero-order valence-electron chi connectivity index (χ0n) is 9.19. The average molecular weight is 224 g/mol. The van der Waals surface area contributed by atoms with Gasteiger partial charge in [-0.05, 0) is 25.0 Å². The zero-order valence-corrected chi connectivity index (χ0v) is 9.19. The molecule has 1 aliphatic rings. The Balaban J connectivity index is 2.21. The standard InChI is InChI=1S/C12H17FN2O/c13-11-7-9(15-5-1-2-6-15)3-4-10(11)12(14)8-16/h3-4,7,12,16H,1-2,5-6,8,14H2/t12-/m1/s1. The lowest BCUT2D eigenvalue weighted by molar-refractivity contribution is 0.265. The third-order valence-electron chi connectivity index (χ3n) is 3.05. The van der Waals surface area contributed by atoms with Crippen LogP contribution >= 0.6 is 0 Å². The number of aliphatic hydroxyl groups is 1. The normalized spacial score (nSPS) is 17.8. The molecule has 3 N–H and O–H groups in total. The predicted molar refractivity (Wildman–Crippen MR) is 61.9 cm³/mol. The molecule has 0 spiro atoms. The summed E-state index contributed by atoms with van der Waals surface area (Å²) in [5.41, 5.74) is 6.88. The van der Waals surface area contributed by atoms with Crippen LogP contribution in [0.4, 0.5) is 10.1 Å². The molecule has 16 heavy (non-hydrogen) atoms. The molecule has 1 aliphatic heterocycles. The molecule has 1 heterocycles. The number of aliphatic hydroxyl groups excluding tert-OH is 1. The summed E-state index contributed by atoms with van der Waals surface area (Å²) in [6.07, 6.45) is 2.33. The molecule has 1 fully saturated rings. The fraction of sp³-hybridized carbons (Fsp3) is 0.500. The van der Waals surface area contributed by atoms with Crippen LogP contribution in [0.15, 0.2) is 18.2 Å². The van der Waals surface area contributed by atoms with Crippen molar-refractivity contribution in [3.63, 3.8) is 0 Å². The molecule has 1 aromatic carbocycles. The van der Waals surface area contributed by atoms with Crippen molar-refractivity contribution < 1.29 is 9.50 Å². The number of nitrogens with zero attached hydrogens (tertiary/aromatic N) is 1. The number of nitrogens with two attached hydrogens (primary N) is 1. The SMILES string of the molecule is N[C@H](CO)c1ccc(N2CCCC2)cc1F. The molecule has 0 unspecified atom stereocenters. The molecule has 0 bridgehead atoms. The Kier molecular flexibility index (Phi) is 3.41. The Morgan fingerprint density at radius 2 is 2.06 bits per heavy atom. The van der Waals surface area contributed by atoms with Crippen LogP contribution in [0.2, 0.25) is 0 Å². The van der Waals surface area contributed by atoms with Crippen molar-refractivity contribution in [2.75, 3.05) is 24.6 Å². The van der Waals surface area contributed by atoms with E-state index in [2.05, 4.69) is 4.90 Å². The Morgan fingerprint density at radius 1 is 1.38 bits per heavy atom. The lowest BCUT2D eigenvalue weighted by atomic mass is 10.1. The van der Waals surface area contributed by atoms with Gasteiger partial charge in [0.2, 0.25) is 0 Å². The molecule has 1 saturated heterocycles. The molecule has 1 aromatic rings. The van der Waals surface area contributed by atoms with E-state index in [0.717, 1.165) is 18.8 Å². The monoisotopic (exact) mass is 224 g/mol. The maximum absolute atomic E-state index is 13.7. The minimum absolute atomic E-state index is 0.236. The van der Waals surface area contributed by atoms with Gasteiger partial charge in [-0.25, -0.2) is 4.39 Å². The molecule has 0 aromatic heterocycles. The summed E-state index contributed by atoms with van der Waals surface area (Å²) in [5.74, 6) is -0.328. The molecule has 1 atom stereocenters. The fourth-order valence-electron chi connectivity index (χ4n) is 2.09. The summed E-state index contributed by atoms with van der Waals surface area (Å²) < 4.78 is 13.7. The molecule has 4 heteroatoms. The van der Waals surface area contributed by atoms with Crippen LogP contribution in [0.25, 0.3) is 0 Å². The number of rotatable bonds is 3. The van der Waals surface area contributed by atoms with Gasteiger partial charge in [-0.15, -0.1) is 0 Å². The van der Waals surface area contributed by atoms with Crippen LogP contribution in [0.5, 0.6) is 0 Å². The largest absolute Gasteiger partial charge is 0.394 e. The molecule has 2 rings (SSSR count). The van der Waals surface area contributed by atoms with E-state index in [4.69, 9.17) is 10.8 Å². The van der Waals surface area contributed by atoms with Crippen molar-refractivity contribution >= 4 is 5.69 Å². The van der Waals surface area contributed by atoms with Crippen LogP contribution in [0.3, 0.4) is 0 Å². The third kappa shape index (κ3) is 2.18. The van der Waals surface area contributed by atoms with E-state index in [1.54, 1.807) is 6.07 Å². The van der Waals surface area contributed by atoms with Crippen LogP contribution in [-0.4, -0.2) is 24.8 Å². The minimum atomic E-state index is -0.632. The molecule has 0 saturated carbocycles. The minimum Gasteiger partial charge on any atom is -0.394 e. The first-order chi connectivity index (χ1) is 7.72. The maximum atomic E-state index is 13.7. The molecular weight excluding hydrogens is 207 g/mol. The molecule has 3 nitrogen and oxygen atoms in total. The van der Waals surface area contributed by atoms with Gasteiger partial charge in [0.05, 0.1) is 12.6 Å². The van der Waals surface area contributed by atoms with Crippen molar-refractivity contribution in [2.24, 2.45) is 5.73 Å². The molecule has 0 radical (unpaired) electrons. The van der Waals surface area contributed by atoms with Gasteiger partial charge in [0, 0.05) is 24.3 Å². The maximum Gasteiger partial charge on any atom is 0.130 e. The topological polar surface area (TPSA) is 49.5 Å². The molecular formula is C12H17FN2O. The Labute approximate surface area is 94.7 Å². The first kappa shape index (κ1) is 11.4. The van der Waals surface area contributed by atoms with Crippen molar-refractivity contribution in [1.29, 1.82) is 0 Å². The highest BCUT2D eigenvalue weighted by atomic mass is 19.1. The second kappa shape index (κ2) is 4.80. The van der Waals surface area contributed by atoms with E-state index in [1.807, 2.05) is 6.07 Å². The van der Waals surface area contributed by atoms with Gasteiger partial charge in [0.25, 0.3) is 0 Å². The van der Waals surface area contributed by atoms with Crippen molar-refractivity contribution in [3.8, 4) is 0 Å². The van der Waals surface area contributed by atoms with E-state index in [0.29, 0.717) is 5.56 Å². The predicted octanol–water partition coefficient (Wildman–Crippen LogP) is 1.42. The van der Waals surface area contributed by atoms with Crippen LogP contribution < -0.4 is 10.6 Å². The second-order valence-electron chi connectivity index (χ2n) is 4.19. The van der Waals surface area contributed by atoms with Gasteiger partial charge in [-0.2, -0.15) is 0 Å². The highest BCUT2D eigenvalue weighted by molar-refractivity contribution is 5.49. The molecule has 88 valence electrons. The summed E-state index contributed by atoms with van der Waals surface area (Å²) >= 11 is 0. The number of hydrogen-bond donors (Lipinski definition) is 2. The quantitative estimate of drug-likeness (QED) is 0.816. The lowest BCUT2D eigenvalue weighted by Gasteiger charge is -2.19. The summed E-state index contributed by atoms with van der Waals surface area (Å²) in [5, 5.41) is 8.89. The van der Waals surface area contributed by atoms with Crippen LogP contribution in [-0.2, 0) is 0 Å². The first-order valence-electron chi connectivity index (χ1n) is 5.63. The van der Waals surface area contributed by atoms with Crippen molar-refractivity contribution in [1.82, 2.24) is 0 Å². The zero-order chi connectivity index (χ0) is 11.5. The van der Waals surface area contributed by atoms with Crippen molar-refractivity contribution in [3.05, 3.63) is 29.6 Å². The van der Waals surface area contributed by atoms with E-state index in [-0.39, 0.29) is 12.4 Å². The summed E-state index contributed by atoms with van der Waals surface area (Å²) in [6, 6.07) is 4.42.